The molecule has 0 fully saturated rings. The zero-order valence-corrected chi connectivity index (χ0v) is 18.8. The minimum absolute atomic E-state index is 0.0540. The normalized spacial score (nSPS) is 14.1. The Morgan fingerprint density at radius 1 is 1.22 bits per heavy atom. The van der Waals surface area contributed by atoms with Gasteiger partial charge in [-0.2, -0.15) is 5.26 Å². The maximum atomic E-state index is 12.7. The van der Waals surface area contributed by atoms with E-state index in [4.69, 9.17) is 5.26 Å². The van der Waals surface area contributed by atoms with E-state index in [1.54, 1.807) is 16.9 Å². The fraction of sp³-hybridized carbons (Fsp3) is 0.375. The number of nitrogens with one attached hydrogen (secondary N) is 1. The maximum Gasteiger partial charge on any atom is 0.273 e. The van der Waals surface area contributed by atoms with Crippen LogP contribution in [0, 0.1) is 24.2 Å². The number of hydrogen-bond donors (Lipinski definition) is 1. The summed E-state index contributed by atoms with van der Waals surface area (Å²) in [7, 11) is 0. The topological polar surface area (TPSA) is 99.7 Å². The number of anilines is 1. The van der Waals surface area contributed by atoms with Gasteiger partial charge in [0.2, 0.25) is 0 Å². The number of nitrogens with zero attached hydrogens (tertiary/aromatic N) is 6. The molecule has 164 valence electrons. The molecule has 3 heterocycles. The van der Waals surface area contributed by atoms with Crippen LogP contribution in [0.3, 0.4) is 0 Å². The second kappa shape index (κ2) is 8.79. The van der Waals surface area contributed by atoms with Crippen molar-refractivity contribution in [2.45, 2.75) is 46.7 Å². The van der Waals surface area contributed by atoms with E-state index in [0.29, 0.717) is 17.2 Å². The van der Waals surface area contributed by atoms with E-state index in [9.17, 15) is 4.79 Å². The number of amides is 1. The molecule has 1 aliphatic rings. The molecule has 8 heteroatoms. The number of fused-ring (bicyclic) bond motifs is 1. The van der Waals surface area contributed by atoms with Crippen LogP contribution in [0.25, 0.3) is 5.69 Å². The summed E-state index contributed by atoms with van der Waals surface area (Å²) in [6.45, 7) is 9.53. The second-order valence-electron chi connectivity index (χ2n) is 8.54. The summed E-state index contributed by atoms with van der Waals surface area (Å²) in [5, 5.41) is 20.5. The molecule has 8 nitrogen and oxygen atoms in total. The van der Waals surface area contributed by atoms with Crippen molar-refractivity contribution >= 4 is 11.7 Å². The SMILES string of the molecule is Cc1c(C(=O)N[C@@H](C)C(C)C)nnn1-c1cccc2c1CCN(c1ccc(C#N)cn1)C2. The van der Waals surface area contributed by atoms with Crippen LogP contribution in [-0.2, 0) is 13.0 Å². The molecule has 3 aromatic rings. The molecule has 1 aliphatic heterocycles. The highest BCUT2D eigenvalue weighted by Crippen LogP contribution is 2.28. The molecule has 4 rings (SSSR count). The fourth-order valence-corrected chi connectivity index (χ4v) is 3.83. The Morgan fingerprint density at radius 2 is 2.03 bits per heavy atom. The van der Waals surface area contributed by atoms with Gasteiger partial charge in [0.1, 0.15) is 11.9 Å². The smallest absolute Gasteiger partial charge is 0.273 e. The first kappa shape index (κ1) is 21.5. The van der Waals surface area contributed by atoms with Crippen LogP contribution < -0.4 is 10.2 Å². The third-order valence-electron chi connectivity index (χ3n) is 6.14. The molecule has 0 unspecified atom stereocenters. The van der Waals surface area contributed by atoms with Gasteiger partial charge in [0, 0.05) is 25.3 Å². The lowest BCUT2D eigenvalue weighted by atomic mass is 9.97. The van der Waals surface area contributed by atoms with E-state index in [1.807, 2.05) is 32.0 Å². The minimum Gasteiger partial charge on any atom is -0.352 e. The van der Waals surface area contributed by atoms with Crippen LogP contribution in [0.15, 0.2) is 36.5 Å². The van der Waals surface area contributed by atoms with Crippen LogP contribution in [0.2, 0.25) is 0 Å². The number of aromatic nitrogens is 4. The highest BCUT2D eigenvalue weighted by Gasteiger charge is 2.24. The van der Waals surface area contributed by atoms with Gasteiger partial charge in [-0.15, -0.1) is 5.10 Å². The van der Waals surface area contributed by atoms with Gasteiger partial charge in [0.05, 0.1) is 16.9 Å². The van der Waals surface area contributed by atoms with Crippen LogP contribution in [0.5, 0.6) is 0 Å². The largest absolute Gasteiger partial charge is 0.352 e. The number of carbonyl (C=O) groups is 1. The zero-order valence-electron chi connectivity index (χ0n) is 18.8. The third kappa shape index (κ3) is 4.06. The average molecular weight is 430 g/mol. The minimum atomic E-state index is -0.196. The van der Waals surface area contributed by atoms with Gasteiger partial charge < -0.3 is 10.2 Å². The van der Waals surface area contributed by atoms with E-state index >= 15 is 0 Å². The number of carbonyl (C=O) groups excluding carboxylic acids is 1. The first-order chi connectivity index (χ1) is 15.4. The highest BCUT2D eigenvalue weighted by atomic mass is 16.2. The van der Waals surface area contributed by atoms with Gasteiger partial charge in [0.15, 0.2) is 5.69 Å². The van der Waals surface area contributed by atoms with Gasteiger partial charge in [0.25, 0.3) is 5.91 Å². The lowest BCUT2D eigenvalue weighted by molar-refractivity contribution is 0.0924. The van der Waals surface area contributed by atoms with Crippen LogP contribution in [-0.4, -0.2) is 38.5 Å². The summed E-state index contributed by atoms with van der Waals surface area (Å²) >= 11 is 0. The van der Waals surface area contributed by atoms with E-state index in [1.165, 1.54) is 11.1 Å². The van der Waals surface area contributed by atoms with E-state index in [0.717, 1.165) is 36.7 Å². The van der Waals surface area contributed by atoms with Crippen LogP contribution in [0.1, 0.15) is 53.6 Å². The number of nitriles is 1. The maximum absolute atomic E-state index is 12.7. The Morgan fingerprint density at radius 3 is 2.72 bits per heavy atom. The predicted molar refractivity (Wildman–Crippen MR) is 122 cm³/mol. The lowest BCUT2D eigenvalue weighted by Gasteiger charge is -2.31. The van der Waals surface area contributed by atoms with Gasteiger partial charge in [-0.25, -0.2) is 9.67 Å². The van der Waals surface area contributed by atoms with Crippen molar-refractivity contribution in [3.05, 3.63) is 64.6 Å². The number of benzene rings is 1. The van der Waals surface area contributed by atoms with Gasteiger partial charge >= 0.3 is 0 Å². The molecule has 32 heavy (non-hydrogen) atoms. The molecule has 1 atom stereocenters. The summed E-state index contributed by atoms with van der Waals surface area (Å²) in [6, 6.07) is 12.0. The number of rotatable bonds is 5. The summed E-state index contributed by atoms with van der Waals surface area (Å²) in [6.07, 6.45) is 2.42. The Bertz CT molecular complexity index is 1170. The molecule has 0 aliphatic carbocycles. The molecule has 1 N–H and O–H groups in total. The van der Waals surface area contributed by atoms with Crippen molar-refractivity contribution < 1.29 is 4.79 Å². The van der Waals surface area contributed by atoms with Crippen molar-refractivity contribution in [2.75, 3.05) is 11.4 Å². The first-order valence-corrected chi connectivity index (χ1v) is 10.8. The molecule has 0 spiro atoms. The Kier molecular flexibility index (Phi) is 5.91. The second-order valence-corrected chi connectivity index (χ2v) is 8.54. The standard InChI is InChI=1S/C24H27N7O/c1-15(2)16(3)27-24(32)23-17(4)31(29-28-23)21-7-5-6-19-14-30(11-10-20(19)21)22-9-8-18(12-25)13-26-22/h5-9,13,15-16H,10-11,14H2,1-4H3,(H,27,32)/t16-/m0/s1. The summed E-state index contributed by atoms with van der Waals surface area (Å²) in [5.74, 6) is 0.997. The molecule has 0 saturated carbocycles. The van der Waals surface area contributed by atoms with E-state index in [-0.39, 0.29) is 11.9 Å². The lowest BCUT2D eigenvalue weighted by Crippen LogP contribution is -2.36. The molecule has 0 radical (unpaired) electrons. The first-order valence-electron chi connectivity index (χ1n) is 10.8. The molecular weight excluding hydrogens is 402 g/mol. The van der Waals surface area contributed by atoms with Crippen molar-refractivity contribution in [2.24, 2.45) is 5.92 Å². The highest BCUT2D eigenvalue weighted by molar-refractivity contribution is 5.93. The van der Waals surface area contributed by atoms with E-state index < -0.39 is 0 Å². The monoisotopic (exact) mass is 429 g/mol. The fourth-order valence-electron chi connectivity index (χ4n) is 3.83. The molecule has 0 saturated heterocycles. The molecular formula is C24H27N7O. The molecule has 1 aromatic carbocycles. The van der Waals surface area contributed by atoms with Crippen LogP contribution in [0.4, 0.5) is 5.82 Å². The van der Waals surface area contributed by atoms with Crippen LogP contribution >= 0.6 is 0 Å². The Balaban J connectivity index is 1.59. The zero-order chi connectivity index (χ0) is 22.8. The summed E-state index contributed by atoms with van der Waals surface area (Å²) in [4.78, 5) is 19.3. The Labute approximate surface area is 187 Å². The quantitative estimate of drug-likeness (QED) is 0.669. The van der Waals surface area contributed by atoms with Crippen molar-refractivity contribution in [1.29, 1.82) is 5.26 Å². The number of pyridine rings is 1. The molecule has 1 amide bonds. The van der Waals surface area contributed by atoms with Crippen molar-refractivity contribution in [3.63, 3.8) is 0 Å². The van der Waals surface area contributed by atoms with Gasteiger partial charge in [-0.1, -0.05) is 31.2 Å². The van der Waals surface area contributed by atoms with Crippen molar-refractivity contribution in [1.82, 2.24) is 25.3 Å². The summed E-state index contributed by atoms with van der Waals surface area (Å²) < 4.78 is 1.77. The number of hydrogen-bond acceptors (Lipinski definition) is 6. The third-order valence-corrected chi connectivity index (χ3v) is 6.14. The molecule has 2 aromatic heterocycles. The van der Waals surface area contributed by atoms with Crippen molar-refractivity contribution in [3.8, 4) is 11.8 Å². The van der Waals surface area contributed by atoms with Gasteiger partial charge in [-0.05, 0) is 55.5 Å². The Hall–Kier alpha value is -3.73. The van der Waals surface area contributed by atoms with Gasteiger partial charge in [-0.3, -0.25) is 4.79 Å². The average Bonchev–Trinajstić information content (AvgIpc) is 3.19. The molecule has 0 bridgehead atoms. The summed E-state index contributed by atoms with van der Waals surface area (Å²) in [5.41, 5.74) is 4.98. The van der Waals surface area contributed by atoms with E-state index in [2.05, 4.69) is 51.5 Å². The predicted octanol–water partition coefficient (Wildman–Crippen LogP) is 3.18.